The molecule has 0 aliphatic rings. The highest BCUT2D eigenvalue weighted by molar-refractivity contribution is 6.34. The summed E-state index contributed by atoms with van der Waals surface area (Å²) in [6.45, 7) is 0.452. The number of hydrogen-bond acceptors (Lipinski definition) is 4. The third-order valence-electron chi connectivity index (χ3n) is 3.61. The lowest BCUT2D eigenvalue weighted by Crippen LogP contribution is -2.30. The van der Waals surface area contributed by atoms with Crippen LogP contribution < -0.4 is 16.0 Å². The molecule has 2 aromatic heterocycles. The Bertz CT molecular complexity index is 914. The predicted molar refractivity (Wildman–Crippen MR) is 103 cm³/mol. The molecular formula is C19H17ClN4O3. The van der Waals surface area contributed by atoms with Crippen LogP contribution in [-0.4, -0.2) is 23.5 Å². The van der Waals surface area contributed by atoms with Crippen LogP contribution in [0.5, 0.6) is 0 Å². The first-order chi connectivity index (χ1) is 13.1. The molecule has 0 saturated heterocycles. The highest BCUT2D eigenvalue weighted by Gasteiger charge is 2.11. The van der Waals surface area contributed by atoms with E-state index in [9.17, 15) is 9.59 Å². The summed E-state index contributed by atoms with van der Waals surface area (Å²) in [5.41, 5.74) is 1.82. The van der Waals surface area contributed by atoms with Crippen LogP contribution in [-0.2, 0) is 6.42 Å². The number of urea groups is 1. The van der Waals surface area contributed by atoms with Gasteiger partial charge in [0, 0.05) is 30.5 Å². The maximum Gasteiger partial charge on any atom is 0.319 e. The van der Waals surface area contributed by atoms with Gasteiger partial charge in [-0.1, -0.05) is 17.7 Å². The standard InChI is InChI=1S/C19H17ClN4O3/c20-15-12-14(6-7-16(15)24-18(25)17-5-3-11-27-17)23-19(26)22-10-8-13-4-1-2-9-21-13/h1-7,9,11-12H,8,10H2,(H,24,25)(H2,22,23,26). The van der Waals surface area contributed by atoms with Gasteiger partial charge in [0.15, 0.2) is 5.76 Å². The third-order valence-corrected chi connectivity index (χ3v) is 3.93. The first kappa shape index (κ1) is 18.5. The summed E-state index contributed by atoms with van der Waals surface area (Å²) >= 11 is 6.18. The molecule has 0 bridgehead atoms. The van der Waals surface area contributed by atoms with Gasteiger partial charge < -0.3 is 20.4 Å². The monoisotopic (exact) mass is 384 g/mol. The van der Waals surface area contributed by atoms with Crippen molar-refractivity contribution < 1.29 is 14.0 Å². The fourth-order valence-corrected chi connectivity index (χ4v) is 2.54. The van der Waals surface area contributed by atoms with E-state index in [0.29, 0.717) is 29.4 Å². The number of nitrogens with zero attached hydrogens (tertiary/aromatic N) is 1. The highest BCUT2D eigenvalue weighted by Crippen LogP contribution is 2.26. The summed E-state index contributed by atoms with van der Waals surface area (Å²) in [5.74, 6) is -0.226. The van der Waals surface area contributed by atoms with Crippen molar-refractivity contribution in [3.63, 3.8) is 0 Å². The normalized spacial score (nSPS) is 10.3. The second kappa shape index (κ2) is 8.86. The second-order valence-corrected chi connectivity index (χ2v) is 5.99. The van der Waals surface area contributed by atoms with Crippen molar-refractivity contribution in [2.24, 2.45) is 0 Å². The van der Waals surface area contributed by atoms with Crippen molar-refractivity contribution in [3.8, 4) is 0 Å². The molecule has 0 fully saturated rings. The average Bonchev–Trinajstić information content (AvgIpc) is 3.20. The zero-order valence-corrected chi connectivity index (χ0v) is 15.0. The molecule has 0 aliphatic carbocycles. The molecule has 0 saturated carbocycles. The Hall–Kier alpha value is -3.32. The third kappa shape index (κ3) is 5.32. The predicted octanol–water partition coefficient (Wildman–Crippen LogP) is 3.94. The van der Waals surface area contributed by atoms with Crippen LogP contribution in [0.3, 0.4) is 0 Å². The van der Waals surface area contributed by atoms with E-state index in [4.69, 9.17) is 16.0 Å². The van der Waals surface area contributed by atoms with Gasteiger partial charge in [-0.15, -0.1) is 0 Å². The molecule has 0 spiro atoms. The van der Waals surface area contributed by atoms with Gasteiger partial charge in [0.1, 0.15) is 0 Å². The van der Waals surface area contributed by atoms with E-state index in [1.807, 2.05) is 18.2 Å². The van der Waals surface area contributed by atoms with Gasteiger partial charge in [0.25, 0.3) is 5.91 Å². The molecule has 8 heteroatoms. The van der Waals surface area contributed by atoms with Gasteiger partial charge in [0.05, 0.1) is 17.0 Å². The number of furan rings is 1. The van der Waals surface area contributed by atoms with Crippen molar-refractivity contribution in [1.82, 2.24) is 10.3 Å². The smallest absolute Gasteiger partial charge is 0.319 e. The number of nitrogens with one attached hydrogen (secondary N) is 3. The fraction of sp³-hybridized carbons (Fsp3) is 0.105. The molecule has 3 N–H and O–H groups in total. The Balaban J connectivity index is 1.51. The summed E-state index contributed by atoms with van der Waals surface area (Å²) in [4.78, 5) is 28.1. The first-order valence-corrected chi connectivity index (χ1v) is 8.59. The summed E-state index contributed by atoms with van der Waals surface area (Å²) in [6, 6.07) is 13.3. The molecule has 138 valence electrons. The van der Waals surface area contributed by atoms with E-state index in [2.05, 4.69) is 20.9 Å². The number of carbonyl (C=O) groups excluding carboxylic acids is 2. The summed E-state index contributed by atoms with van der Waals surface area (Å²) in [5, 5.41) is 8.38. The van der Waals surface area contributed by atoms with Crippen LogP contribution in [0.4, 0.5) is 16.2 Å². The quantitative estimate of drug-likeness (QED) is 0.599. The van der Waals surface area contributed by atoms with Crippen molar-refractivity contribution in [2.45, 2.75) is 6.42 Å². The van der Waals surface area contributed by atoms with Crippen molar-refractivity contribution in [2.75, 3.05) is 17.2 Å². The summed E-state index contributed by atoms with van der Waals surface area (Å²) in [7, 11) is 0. The van der Waals surface area contributed by atoms with Crippen LogP contribution >= 0.6 is 11.6 Å². The topological polar surface area (TPSA) is 96.3 Å². The zero-order chi connectivity index (χ0) is 19.1. The average molecular weight is 385 g/mol. The molecule has 0 unspecified atom stereocenters. The maximum absolute atomic E-state index is 12.0. The van der Waals surface area contributed by atoms with E-state index in [0.717, 1.165) is 5.69 Å². The Morgan fingerprint density at radius 2 is 1.96 bits per heavy atom. The summed E-state index contributed by atoms with van der Waals surface area (Å²) in [6.07, 6.45) is 3.76. The van der Waals surface area contributed by atoms with Crippen LogP contribution in [0.1, 0.15) is 16.2 Å². The number of aromatic nitrogens is 1. The zero-order valence-electron chi connectivity index (χ0n) is 14.2. The Morgan fingerprint density at radius 1 is 1.07 bits per heavy atom. The van der Waals surface area contributed by atoms with Crippen molar-refractivity contribution >= 4 is 34.9 Å². The number of pyridine rings is 1. The molecule has 1 aromatic carbocycles. The van der Waals surface area contributed by atoms with E-state index in [1.54, 1.807) is 36.5 Å². The van der Waals surface area contributed by atoms with E-state index in [1.165, 1.54) is 6.26 Å². The number of amides is 3. The number of halogens is 1. The molecule has 3 amide bonds. The highest BCUT2D eigenvalue weighted by atomic mass is 35.5. The molecule has 0 radical (unpaired) electrons. The number of hydrogen-bond donors (Lipinski definition) is 3. The van der Waals surface area contributed by atoms with Crippen LogP contribution in [0.15, 0.2) is 65.4 Å². The SMILES string of the molecule is O=C(NCCc1ccccn1)Nc1ccc(NC(=O)c2ccco2)c(Cl)c1. The van der Waals surface area contributed by atoms with Gasteiger partial charge in [-0.2, -0.15) is 0 Å². The van der Waals surface area contributed by atoms with Gasteiger partial charge >= 0.3 is 6.03 Å². The number of anilines is 2. The summed E-state index contributed by atoms with van der Waals surface area (Å²) < 4.78 is 5.03. The van der Waals surface area contributed by atoms with Gasteiger partial charge in [0.2, 0.25) is 0 Å². The molecule has 7 nitrogen and oxygen atoms in total. The lowest BCUT2D eigenvalue weighted by Gasteiger charge is -2.10. The molecular weight excluding hydrogens is 368 g/mol. The van der Waals surface area contributed by atoms with Gasteiger partial charge in [-0.25, -0.2) is 4.79 Å². The molecule has 3 aromatic rings. The second-order valence-electron chi connectivity index (χ2n) is 5.58. The molecule has 0 atom stereocenters. The number of rotatable bonds is 6. The first-order valence-electron chi connectivity index (χ1n) is 8.21. The van der Waals surface area contributed by atoms with Crippen molar-refractivity contribution in [3.05, 3.63) is 77.5 Å². The molecule has 27 heavy (non-hydrogen) atoms. The largest absolute Gasteiger partial charge is 0.459 e. The molecule has 2 heterocycles. The molecule has 0 aliphatic heterocycles. The minimum Gasteiger partial charge on any atom is -0.459 e. The van der Waals surface area contributed by atoms with Gasteiger partial charge in [-0.3, -0.25) is 9.78 Å². The van der Waals surface area contributed by atoms with E-state index >= 15 is 0 Å². The Labute approximate surface area is 160 Å². The van der Waals surface area contributed by atoms with Crippen LogP contribution in [0.25, 0.3) is 0 Å². The Kier molecular flexibility index (Phi) is 6.06. The van der Waals surface area contributed by atoms with E-state index in [-0.39, 0.29) is 11.8 Å². The minimum absolute atomic E-state index is 0.181. The Morgan fingerprint density at radius 3 is 2.67 bits per heavy atom. The van der Waals surface area contributed by atoms with Gasteiger partial charge in [-0.05, 0) is 42.5 Å². The number of carbonyl (C=O) groups is 2. The number of benzene rings is 1. The van der Waals surface area contributed by atoms with Crippen LogP contribution in [0.2, 0.25) is 5.02 Å². The lowest BCUT2D eigenvalue weighted by molar-refractivity contribution is 0.0996. The van der Waals surface area contributed by atoms with Crippen molar-refractivity contribution in [1.29, 1.82) is 0 Å². The molecule has 3 rings (SSSR count). The lowest BCUT2D eigenvalue weighted by atomic mass is 10.2. The maximum atomic E-state index is 12.0. The fourth-order valence-electron chi connectivity index (χ4n) is 2.31. The van der Waals surface area contributed by atoms with Crippen LogP contribution in [0, 0.1) is 0 Å². The van der Waals surface area contributed by atoms with E-state index < -0.39 is 5.91 Å². The minimum atomic E-state index is -0.408.